The molecule has 1 aliphatic carbocycles. The Hall–Kier alpha value is -1.72. The second-order valence-electron chi connectivity index (χ2n) is 11.5. The molecule has 0 saturated carbocycles. The Morgan fingerprint density at radius 3 is 2.48 bits per heavy atom. The molecule has 33 heavy (non-hydrogen) atoms. The minimum atomic E-state index is 0.208. The van der Waals surface area contributed by atoms with Gasteiger partial charge in [0.05, 0.1) is 10.7 Å². The lowest BCUT2D eigenvalue weighted by molar-refractivity contribution is -0.133. The minimum Gasteiger partial charge on any atom is -0.384 e. The summed E-state index contributed by atoms with van der Waals surface area (Å²) in [5.74, 6) is 0.989. The van der Waals surface area contributed by atoms with E-state index in [4.69, 9.17) is 9.72 Å². The van der Waals surface area contributed by atoms with Crippen molar-refractivity contribution in [2.45, 2.75) is 83.5 Å². The Bertz CT molecular complexity index is 986. The number of carbonyl (C=O) groups is 1. The number of amides is 1. The lowest BCUT2D eigenvalue weighted by Gasteiger charge is -2.42. The maximum absolute atomic E-state index is 12.6. The molecule has 1 aliphatic heterocycles. The monoisotopic (exact) mass is 468 g/mol. The van der Waals surface area contributed by atoms with E-state index in [9.17, 15) is 4.79 Å². The highest BCUT2D eigenvalue weighted by molar-refractivity contribution is 7.10. The van der Waals surface area contributed by atoms with Crippen LogP contribution in [0.5, 0.6) is 0 Å². The topological polar surface area (TPSA) is 42.4 Å². The zero-order chi connectivity index (χ0) is 23.8. The molecule has 2 heterocycles. The third kappa shape index (κ3) is 5.19. The molecule has 4 nitrogen and oxygen atoms in total. The van der Waals surface area contributed by atoms with Crippen LogP contribution in [0.25, 0.3) is 11.3 Å². The lowest BCUT2D eigenvalue weighted by Crippen LogP contribution is -2.38. The van der Waals surface area contributed by atoms with Crippen LogP contribution in [0, 0.1) is 5.92 Å². The molecule has 0 spiro atoms. The van der Waals surface area contributed by atoms with Crippen LogP contribution in [0.3, 0.4) is 0 Å². The summed E-state index contributed by atoms with van der Waals surface area (Å²) >= 11 is 1.78. The van der Waals surface area contributed by atoms with Gasteiger partial charge >= 0.3 is 0 Å². The van der Waals surface area contributed by atoms with Gasteiger partial charge in [-0.2, -0.15) is 0 Å². The quantitative estimate of drug-likeness (QED) is 0.483. The largest absolute Gasteiger partial charge is 0.384 e. The van der Waals surface area contributed by atoms with Crippen LogP contribution < -0.4 is 0 Å². The number of piperidine rings is 1. The number of likely N-dealkylation sites (tertiary alicyclic amines) is 1. The van der Waals surface area contributed by atoms with E-state index >= 15 is 0 Å². The summed E-state index contributed by atoms with van der Waals surface area (Å²) < 4.78 is 5.18. The fourth-order valence-electron chi connectivity index (χ4n) is 5.50. The number of ether oxygens (including phenoxy) is 1. The van der Waals surface area contributed by atoms with Gasteiger partial charge in [0.1, 0.15) is 0 Å². The van der Waals surface area contributed by atoms with E-state index in [0.717, 1.165) is 31.6 Å². The first kappa shape index (κ1) is 24.4. The number of rotatable bonds is 6. The molecule has 1 unspecified atom stereocenters. The predicted octanol–water partition coefficient (Wildman–Crippen LogP) is 6.54. The highest BCUT2D eigenvalue weighted by Gasteiger charge is 2.37. The van der Waals surface area contributed by atoms with Crippen molar-refractivity contribution in [1.82, 2.24) is 9.88 Å². The third-order valence-electron chi connectivity index (χ3n) is 7.84. The molecule has 1 atom stereocenters. The average molecular weight is 469 g/mol. The van der Waals surface area contributed by atoms with Gasteiger partial charge < -0.3 is 9.64 Å². The average Bonchev–Trinajstić information content (AvgIpc) is 3.27. The Balaban J connectivity index is 1.44. The van der Waals surface area contributed by atoms with E-state index in [1.807, 2.05) is 4.90 Å². The second-order valence-corrected chi connectivity index (χ2v) is 12.4. The molecule has 4 rings (SSSR count). The van der Waals surface area contributed by atoms with Gasteiger partial charge in [-0.15, -0.1) is 11.3 Å². The molecule has 5 heteroatoms. The summed E-state index contributed by atoms with van der Waals surface area (Å²) in [6, 6.07) is 7.01. The van der Waals surface area contributed by atoms with Gasteiger partial charge in [0, 0.05) is 50.1 Å². The van der Waals surface area contributed by atoms with Crippen LogP contribution in [0.2, 0.25) is 0 Å². The van der Waals surface area contributed by atoms with Crippen molar-refractivity contribution in [2.75, 3.05) is 26.8 Å². The Labute approximate surface area is 203 Å². The van der Waals surface area contributed by atoms with Crippen LogP contribution in [0.15, 0.2) is 23.6 Å². The summed E-state index contributed by atoms with van der Waals surface area (Å²) in [6.07, 6.45) is 5.04. The van der Waals surface area contributed by atoms with Crippen LogP contribution in [0.1, 0.15) is 88.8 Å². The standard InChI is InChI=1S/C28H40N2O2S/c1-19(17-32-6)15-25(31)30-13-9-20(10-14-30)26-29-24(18-33-26)21-7-8-22-23(16-21)28(4,5)12-11-27(22,2)3/h7-8,16,18-20H,9-15,17H2,1-6H3. The molecular weight excluding hydrogens is 428 g/mol. The smallest absolute Gasteiger partial charge is 0.222 e. The van der Waals surface area contributed by atoms with Crippen molar-refractivity contribution in [1.29, 1.82) is 0 Å². The summed E-state index contributed by atoms with van der Waals surface area (Å²) in [5, 5.41) is 3.45. The van der Waals surface area contributed by atoms with Gasteiger partial charge in [-0.25, -0.2) is 4.98 Å². The Morgan fingerprint density at radius 1 is 1.15 bits per heavy atom. The van der Waals surface area contributed by atoms with Crippen molar-refractivity contribution in [3.8, 4) is 11.3 Å². The summed E-state index contributed by atoms with van der Waals surface area (Å²) in [7, 11) is 1.70. The number of fused-ring (bicyclic) bond motifs is 1. The van der Waals surface area contributed by atoms with Crippen LogP contribution in [0.4, 0.5) is 0 Å². The minimum absolute atomic E-state index is 0.208. The van der Waals surface area contributed by atoms with E-state index in [2.05, 4.69) is 58.2 Å². The fraction of sp³-hybridized carbons (Fsp3) is 0.643. The highest BCUT2D eigenvalue weighted by Crippen LogP contribution is 2.47. The van der Waals surface area contributed by atoms with Crippen LogP contribution in [-0.4, -0.2) is 42.6 Å². The van der Waals surface area contributed by atoms with Gasteiger partial charge in [0.25, 0.3) is 0 Å². The van der Waals surface area contributed by atoms with Gasteiger partial charge in [-0.1, -0.05) is 46.8 Å². The summed E-state index contributed by atoms with van der Waals surface area (Å²) in [6.45, 7) is 13.9. The van der Waals surface area contributed by atoms with Gasteiger partial charge in [0.2, 0.25) is 5.91 Å². The van der Waals surface area contributed by atoms with Crippen LogP contribution in [-0.2, 0) is 20.4 Å². The number of aromatic nitrogens is 1. The van der Waals surface area contributed by atoms with Crippen molar-refractivity contribution in [3.05, 3.63) is 39.7 Å². The molecule has 0 bridgehead atoms. The van der Waals surface area contributed by atoms with E-state index in [-0.39, 0.29) is 22.7 Å². The van der Waals surface area contributed by atoms with Crippen molar-refractivity contribution < 1.29 is 9.53 Å². The second kappa shape index (κ2) is 9.50. The SMILES string of the molecule is COCC(C)CC(=O)N1CCC(c2nc(-c3ccc4c(c3)C(C)(C)CCC4(C)C)cs2)CC1. The zero-order valence-corrected chi connectivity index (χ0v) is 22.1. The molecular formula is C28H40N2O2S. The Morgan fingerprint density at radius 2 is 1.82 bits per heavy atom. The van der Waals surface area contributed by atoms with Crippen molar-refractivity contribution in [2.24, 2.45) is 5.92 Å². The molecule has 0 N–H and O–H groups in total. The molecule has 1 saturated heterocycles. The number of carbonyl (C=O) groups excluding carboxylic acids is 1. The molecule has 1 aromatic heterocycles. The first-order valence-corrected chi connectivity index (χ1v) is 13.4. The molecule has 180 valence electrons. The molecule has 2 aromatic rings. The number of thiazole rings is 1. The van der Waals surface area contributed by atoms with Crippen LogP contribution >= 0.6 is 11.3 Å². The van der Waals surface area contributed by atoms with Gasteiger partial charge in [-0.3, -0.25) is 4.79 Å². The maximum atomic E-state index is 12.6. The molecule has 1 amide bonds. The van der Waals surface area contributed by atoms with Crippen molar-refractivity contribution in [3.63, 3.8) is 0 Å². The zero-order valence-electron chi connectivity index (χ0n) is 21.2. The third-order valence-corrected chi connectivity index (χ3v) is 8.85. The van der Waals surface area contributed by atoms with Gasteiger partial charge in [-0.05, 0) is 59.6 Å². The van der Waals surface area contributed by atoms with Crippen molar-refractivity contribution >= 4 is 17.2 Å². The predicted molar refractivity (Wildman–Crippen MR) is 137 cm³/mol. The summed E-state index contributed by atoms with van der Waals surface area (Å²) in [4.78, 5) is 19.7. The van der Waals surface area contributed by atoms with E-state index in [1.54, 1.807) is 18.4 Å². The fourth-order valence-corrected chi connectivity index (χ4v) is 6.50. The molecule has 1 aromatic carbocycles. The van der Waals surface area contributed by atoms with E-state index in [0.29, 0.717) is 18.9 Å². The van der Waals surface area contributed by atoms with E-state index < -0.39 is 0 Å². The number of hydrogen-bond acceptors (Lipinski definition) is 4. The highest BCUT2D eigenvalue weighted by atomic mass is 32.1. The number of nitrogens with zero attached hydrogens (tertiary/aromatic N) is 2. The summed E-state index contributed by atoms with van der Waals surface area (Å²) in [5.41, 5.74) is 5.77. The first-order valence-electron chi connectivity index (χ1n) is 12.5. The van der Waals surface area contributed by atoms with E-state index in [1.165, 1.54) is 34.5 Å². The lowest BCUT2D eigenvalue weighted by atomic mass is 9.63. The first-order chi connectivity index (χ1) is 15.6. The van der Waals surface area contributed by atoms with Gasteiger partial charge in [0.15, 0.2) is 0 Å². The maximum Gasteiger partial charge on any atom is 0.222 e. The number of benzene rings is 1. The molecule has 1 fully saturated rings. The Kier molecular flexibility index (Phi) is 7.02. The number of hydrogen-bond donors (Lipinski definition) is 0. The normalized spacial score (nSPS) is 21.0. The molecule has 2 aliphatic rings. The molecule has 0 radical (unpaired) electrons. The number of methoxy groups -OCH3 is 1.